The fraction of sp³-hybridized carbons (Fsp3) is 0.444. The number of amides is 1. The van der Waals surface area contributed by atoms with Crippen molar-refractivity contribution < 1.29 is 19.2 Å². The van der Waals surface area contributed by atoms with E-state index in [1.807, 2.05) is 0 Å². The van der Waals surface area contributed by atoms with E-state index in [0.29, 0.717) is 6.42 Å². The maximum atomic E-state index is 12.2. The third-order valence-electron chi connectivity index (χ3n) is 4.79. The van der Waals surface area contributed by atoms with Gasteiger partial charge in [0.05, 0.1) is 36.3 Å². The summed E-state index contributed by atoms with van der Waals surface area (Å²) in [4.78, 5) is 45.2. The molecule has 0 spiro atoms. The van der Waals surface area contributed by atoms with Crippen molar-refractivity contribution in [3.63, 3.8) is 0 Å². The molecule has 0 saturated carbocycles. The number of carbonyl (C=O) groups is 1. The van der Waals surface area contributed by atoms with Crippen LogP contribution in [0, 0.1) is 0 Å². The first-order valence-electron chi connectivity index (χ1n) is 9.54. The highest BCUT2D eigenvalue weighted by Crippen LogP contribution is 2.29. The van der Waals surface area contributed by atoms with Crippen LogP contribution >= 0.6 is 8.46 Å². The highest BCUT2D eigenvalue weighted by Gasteiger charge is 2.35. The molecule has 2 aromatic rings. The fourth-order valence-electron chi connectivity index (χ4n) is 3.16. The summed E-state index contributed by atoms with van der Waals surface area (Å²) < 4.78 is 17.5. The Morgan fingerprint density at radius 3 is 3.03 bits per heavy atom. The zero-order valence-electron chi connectivity index (χ0n) is 16.4. The van der Waals surface area contributed by atoms with Gasteiger partial charge in [-0.2, -0.15) is 0 Å². The molecule has 3 heterocycles. The number of imidazole rings is 1. The van der Waals surface area contributed by atoms with E-state index in [0.717, 1.165) is 5.69 Å². The quantitative estimate of drug-likeness (QED) is 0.298. The summed E-state index contributed by atoms with van der Waals surface area (Å²) >= 11 is 0. The molecule has 1 aliphatic heterocycles. The van der Waals surface area contributed by atoms with E-state index in [9.17, 15) is 24.1 Å². The Bertz CT molecular complexity index is 1050. The highest BCUT2D eigenvalue weighted by atomic mass is 31.1. The van der Waals surface area contributed by atoms with Crippen molar-refractivity contribution in [2.45, 2.75) is 37.3 Å². The van der Waals surface area contributed by atoms with E-state index >= 15 is 0 Å². The Labute approximate surface area is 177 Å². The normalized spacial score (nSPS) is 22.2. The third-order valence-corrected chi connectivity index (χ3v) is 5.30. The predicted molar refractivity (Wildman–Crippen MR) is 111 cm³/mol. The maximum Gasteiger partial charge on any atom is 0.330 e. The number of aromatic amines is 2. The molecule has 1 saturated heterocycles. The number of hydrogen-bond donors (Lipinski definition) is 5. The average molecular weight is 450 g/mol. The summed E-state index contributed by atoms with van der Waals surface area (Å²) in [5, 5.41) is 12.6. The van der Waals surface area contributed by atoms with E-state index in [4.69, 9.17) is 10.5 Å². The molecular formula is C18H23N6O6P. The standard InChI is InChI=1S/C18H23N6O6P/c19-12(4-11-6-20-9-22-11)17(27)21-3-1-2-10-7-24(18(28)23-16(10)26)15-5-13(25)14(30-15)8-31-29/h1-2,6-7,9,12-15,25H,3-5,8,19H2,(H,20,22)(H,21,27)(H,23,26,28)/b2-1+. The average Bonchev–Trinajstić information content (AvgIpc) is 3.36. The van der Waals surface area contributed by atoms with Crippen molar-refractivity contribution in [1.82, 2.24) is 24.8 Å². The summed E-state index contributed by atoms with van der Waals surface area (Å²) in [6.07, 6.45) is 5.61. The maximum absolute atomic E-state index is 12.2. The van der Waals surface area contributed by atoms with Gasteiger partial charge in [-0.1, -0.05) is 12.2 Å². The molecule has 12 nitrogen and oxygen atoms in total. The molecule has 0 aliphatic carbocycles. The number of aromatic nitrogens is 4. The Hall–Kier alpha value is -2.92. The number of carbonyl (C=O) groups excluding carboxylic acids is 1. The third kappa shape index (κ3) is 5.82. The molecule has 13 heteroatoms. The van der Waals surface area contributed by atoms with Crippen LogP contribution in [-0.2, 0) is 20.5 Å². The van der Waals surface area contributed by atoms with Crippen LogP contribution in [0.5, 0.6) is 0 Å². The summed E-state index contributed by atoms with van der Waals surface area (Å²) in [6.45, 7) is 0.122. The Kier molecular flexibility index (Phi) is 7.64. The van der Waals surface area contributed by atoms with E-state index in [1.165, 1.54) is 23.2 Å². The minimum absolute atomic E-state index is 0.102. The molecular weight excluding hydrogens is 427 g/mol. The molecule has 1 fully saturated rings. The van der Waals surface area contributed by atoms with E-state index in [1.54, 1.807) is 12.3 Å². The van der Waals surface area contributed by atoms with Gasteiger partial charge in [0.1, 0.15) is 6.23 Å². The van der Waals surface area contributed by atoms with Crippen molar-refractivity contribution in [2.24, 2.45) is 5.73 Å². The Balaban J connectivity index is 1.61. The molecule has 0 aromatic carbocycles. The summed E-state index contributed by atoms with van der Waals surface area (Å²) in [7, 11) is -0.172. The van der Waals surface area contributed by atoms with Crippen LogP contribution in [0.2, 0.25) is 0 Å². The molecule has 0 bridgehead atoms. The molecule has 166 valence electrons. The second-order valence-corrected chi connectivity index (χ2v) is 7.65. The zero-order chi connectivity index (χ0) is 22.4. The van der Waals surface area contributed by atoms with Crippen molar-refractivity contribution >= 4 is 20.4 Å². The number of nitrogens with two attached hydrogens (primary N) is 1. The van der Waals surface area contributed by atoms with Crippen LogP contribution in [0.3, 0.4) is 0 Å². The monoisotopic (exact) mass is 450 g/mol. The van der Waals surface area contributed by atoms with Gasteiger partial charge >= 0.3 is 5.69 Å². The van der Waals surface area contributed by atoms with Crippen LogP contribution in [0.25, 0.3) is 6.08 Å². The highest BCUT2D eigenvalue weighted by molar-refractivity contribution is 7.23. The molecule has 31 heavy (non-hydrogen) atoms. The lowest BCUT2D eigenvalue weighted by atomic mass is 10.1. The molecule has 1 amide bonds. The summed E-state index contributed by atoms with van der Waals surface area (Å²) in [6, 6.07) is -0.758. The van der Waals surface area contributed by atoms with Crippen LogP contribution in [-0.4, -0.2) is 61.5 Å². The molecule has 3 rings (SSSR count). The Morgan fingerprint density at radius 2 is 2.32 bits per heavy atom. The smallest absolute Gasteiger partial charge is 0.330 e. The number of ether oxygens (including phenoxy) is 1. The topological polar surface area (TPSA) is 185 Å². The van der Waals surface area contributed by atoms with Gasteiger partial charge in [-0.05, 0) is 0 Å². The SMILES string of the molecule is NC(Cc1cnc[nH]1)C(=O)NC/C=C/c1cn(C2CC(O)C(CP=O)O2)c(=O)[nH]c1=O. The number of hydrogen-bond acceptors (Lipinski definition) is 8. The van der Waals surface area contributed by atoms with Gasteiger partial charge in [0.2, 0.25) is 5.91 Å². The fourth-order valence-corrected chi connectivity index (χ4v) is 3.64. The molecule has 0 radical (unpaired) electrons. The number of nitrogens with zero attached hydrogens (tertiary/aromatic N) is 2. The van der Waals surface area contributed by atoms with Crippen molar-refractivity contribution in [2.75, 3.05) is 12.7 Å². The molecule has 4 unspecified atom stereocenters. The largest absolute Gasteiger partial charge is 0.390 e. The molecule has 6 N–H and O–H groups in total. The summed E-state index contributed by atoms with van der Waals surface area (Å²) in [5.74, 6) is -0.366. The van der Waals surface area contributed by atoms with Crippen LogP contribution in [0.15, 0.2) is 34.4 Å². The number of nitrogens with one attached hydrogen (secondary N) is 3. The molecule has 4 atom stereocenters. The summed E-state index contributed by atoms with van der Waals surface area (Å²) in [5.41, 5.74) is 5.46. The first-order chi connectivity index (χ1) is 14.9. The van der Waals surface area contributed by atoms with Crippen molar-refractivity contribution in [3.05, 3.63) is 56.9 Å². The van der Waals surface area contributed by atoms with E-state index in [2.05, 4.69) is 20.3 Å². The second-order valence-electron chi connectivity index (χ2n) is 7.03. The van der Waals surface area contributed by atoms with Crippen LogP contribution < -0.4 is 22.3 Å². The molecule has 2 aromatic heterocycles. The van der Waals surface area contributed by atoms with Gasteiger partial charge < -0.3 is 25.9 Å². The van der Waals surface area contributed by atoms with Gasteiger partial charge in [-0.25, -0.2) is 9.78 Å². The van der Waals surface area contributed by atoms with Gasteiger partial charge in [-0.15, -0.1) is 0 Å². The molecule has 1 aliphatic rings. The first kappa shape index (κ1) is 22.8. The number of aliphatic hydroxyl groups is 1. The minimum Gasteiger partial charge on any atom is -0.390 e. The lowest BCUT2D eigenvalue weighted by molar-refractivity contribution is -0.122. The van der Waals surface area contributed by atoms with E-state index in [-0.39, 0.29) is 39.1 Å². The Morgan fingerprint density at radius 1 is 1.52 bits per heavy atom. The number of rotatable bonds is 9. The van der Waals surface area contributed by atoms with Crippen LogP contribution in [0.4, 0.5) is 0 Å². The predicted octanol–water partition coefficient (Wildman–Crippen LogP) is -1.10. The zero-order valence-corrected chi connectivity index (χ0v) is 17.3. The number of H-pyrrole nitrogens is 2. The lowest BCUT2D eigenvalue weighted by Crippen LogP contribution is -2.42. The lowest BCUT2D eigenvalue weighted by Gasteiger charge is -2.14. The van der Waals surface area contributed by atoms with E-state index < -0.39 is 35.7 Å². The first-order valence-corrected chi connectivity index (χ1v) is 10.5. The van der Waals surface area contributed by atoms with Crippen LogP contribution in [0.1, 0.15) is 23.9 Å². The van der Waals surface area contributed by atoms with Gasteiger partial charge in [0.25, 0.3) is 5.56 Å². The minimum atomic E-state index is -0.870. The van der Waals surface area contributed by atoms with Gasteiger partial charge in [0, 0.05) is 37.5 Å². The van der Waals surface area contributed by atoms with Gasteiger partial charge in [0.15, 0.2) is 8.46 Å². The van der Waals surface area contributed by atoms with Gasteiger partial charge in [-0.3, -0.25) is 23.7 Å². The second kappa shape index (κ2) is 10.4. The van der Waals surface area contributed by atoms with Crippen molar-refractivity contribution in [1.29, 1.82) is 0 Å². The number of aliphatic hydroxyl groups excluding tert-OH is 1. The van der Waals surface area contributed by atoms with Crippen molar-refractivity contribution in [3.8, 4) is 0 Å².